The van der Waals surface area contributed by atoms with Gasteiger partial charge in [-0.05, 0) is 87.4 Å². The molecule has 0 saturated carbocycles. The van der Waals surface area contributed by atoms with E-state index in [0.717, 1.165) is 61.9 Å². The Morgan fingerprint density at radius 3 is 2.54 bits per heavy atom. The largest absolute Gasteiger partial charge is 0.494 e. The maximum absolute atomic E-state index is 13.7. The summed E-state index contributed by atoms with van der Waals surface area (Å²) in [5.41, 5.74) is 1.41. The van der Waals surface area contributed by atoms with Gasteiger partial charge in [0, 0.05) is 43.3 Å². The van der Waals surface area contributed by atoms with Gasteiger partial charge >= 0.3 is 0 Å². The molecule has 4 rings (SSSR count). The number of ether oxygens (including phenoxy) is 1. The second-order valence-corrected chi connectivity index (χ2v) is 11.2. The van der Waals surface area contributed by atoms with Crippen LogP contribution >= 0.6 is 24.0 Å². The van der Waals surface area contributed by atoms with Gasteiger partial charge in [-0.1, -0.05) is 13.0 Å². The summed E-state index contributed by atoms with van der Waals surface area (Å²) in [6.07, 6.45) is 3.83. The fourth-order valence-corrected chi connectivity index (χ4v) is 5.72. The Labute approximate surface area is 241 Å². The summed E-state index contributed by atoms with van der Waals surface area (Å²) < 4.78 is 5.63. The Morgan fingerprint density at radius 2 is 1.85 bits per heavy atom. The third-order valence-corrected chi connectivity index (χ3v) is 8.23. The van der Waals surface area contributed by atoms with Crippen molar-refractivity contribution < 1.29 is 14.3 Å². The zero-order valence-corrected chi connectivity index (χ0v) is 24.7. The predicted molar refractivity (Wildman–Crippen MR) is 163 cm³/mol. The van der Waals surface area contributed by atoms with E-state index < -0.39 is 6.04 Å². The monoisotopic (exact) mass is 569 g/mol. The molecule has 2 aliphatic heterocycles. The molecule has 2 amide bonds. The molecule has 0 aromatic heterocycles. The number of thioether (sulfide) groups is 1. The molecule has 8 nitrogen and oxygen atoms in total. The van der Waals surface area contributed by atoms with E-state index in [-0.39, 0.29) is 18.2 Å². The standard InChI is InChI=1S/C29H39N5O3S2/c1-4-19-37-24-11-9-22(10-12-24)30-27(35)21-26-28(36)34(23-7-5-8-25(20-23)39-3)29(38)33(26)14-6-13-32-17-15-31(2)16-18-32/h5,7-12,20,26H,4,6,13-19,21H2,1-3H3,(H,30,35)/t26-/m0/s1. The van der Waals surface area contributed by atoms with E-state index in [9.17, 15) is 9.59 Å². The summed E-state index contributed by atoms with van der Waals surface area (Å²) in [5, 5.41) is 3.41. The van der Waals surface area contributed by atoms with Crippen LogP contribution in [0.2, 0.25) is 0 Å². The van der Waals surface area contributed by atoms with E-state index >= 15 is 0 Å². The topological polar surface area (TPSA) is 68.4 Å². The van der Waals surface area contributed by atoms with Crippen molar-refractivity contribution in [3.05, 3.63) is 48.5 Å². The first kappa shape index (κ1) is 29.3. The maximum Gasteiger partial charge on any atom is 0.256 e. The average molecular weight is 570 g/mol. The summed E-state index contributed by atoms with van der Waals surface area (Å²) in [6.45, 7) is 8.48. The van der Waals surface area contributed by atoms with Gasteiger partial charge in [0.1, 0.15) is 11.8 Å². The number of thiocarbonyl (C=S) groups is 1. The average Bonchev–Trinajstić information content (AvgIpc) is 3.17. The van der Waals surface area contributed by atoms with Gasteiger partial charge in [-0.2, -0.15) is 0 Å². The molecule has 2 fully saturated rings. The zero-order chi connectivity index (χ0) is 27.8. The third-order valence-electron chi connectivity index (χ3n) is 7.09. The molecule has 39 heavy (non-hydrogen) atoms. The molecule has 1 N–H and O–H groups in total. The fourth-order valence-electron chi connectivity index (χ4n) is 4.85. The molecule has 2 heterocycles. The van der Waals surface area contributed by atoms with Crippen molar-refractivity contribution in [1.29, 1.82) is 0 Å². The number of carbonyl (C=O) groups is 2. The molecular weight excluding hydrogens is 530 g/mol. The lowest BCUT2D eigenvalue weighted by Gasteiger charge is -2.33. The first-order valence-electron chi connectivity index (χ1n) is 13.6. The quantitative estimate of drug-likeness (QED) is 0.302. The number of nitrogens with one attached hydrogen (secondary N) is 1. The Hall–Kier alpha value is -2.66. The van der Waals surface area contributed by atoms with Gasteiger partial charge in [0.05, 0.1) is 18.7 Å². The molecule has 2 saturated heterocycles. The highest BCUT2D eigenvalue weighted by molar-refractivity contribution is 7.98. The van der Waals surface area contributed by atoms with E-state index in [1.54, 1.807) is 16.7 Å². The van der Waals surface area contributed by atoms with Crippen molar-refractivity contribution in [3.63, 3.8) is 0 Å². The van der Waals surface area contributed by atoms with Crippen LogP contribution in [0.4, 0.5) is 11.4 Å². The van der Waals surface area contributed by atoms with Crippen LogP contribution in [0.1, 0.15) is 26.2 Å². The Bertz CT molecular complexity index is 1140. The van der Waals surface area contributed by atoms with Gasteiger partial charge in [-0.3, -0.25) is 14.5 Å². The number of hydrogen-bond acceptors (Lipinski definition) is 7. The fraction of sp³-hybridized carbons (Fsp3) is 0.483. The molecule has 2 aromatic rings. The lowest BCUT2D eigenvalue weighted by Crippen LogP contribution is -2.45. The molecule has 0 bridgehead atoms. The minimum Gasteiger partial charge on any atom is -0.494 e. The van der Waals surface area contributed by atoms with Gasteiger partial charge in [0.15, 0.2) is 5.11 Å². The highest BCUT2D eigenvalue weighted by Gasteiger charge is 2.44. The van der Waals surface area contributed by atoms with Crippen LogP contribution in [0, 0.1) is 0 Å². The molecule has 210 valence electrons. The van der Waals surface area contributed by atoms with Crippen molar-refractivity contribution in [2.45, 2.75) is 37.1 Å². The van der Waals surface area contributed by atoms with Crippen LogP contribution < -0.4 is 15.0 Å². The van der Waals surface area contributed by atoms with E-state index in [1.807, 2.05) is 59.7 Å². The molecule has 10 heteroatoms. The van der Waals surface area contributed by atoms with Crippen LogP contribution in [0.25, 0.3) is 0 Å². The highest BCUT2D eigenvalue weighted by Crippen LogP contribution is 2.30. The second-order valence-electron chi connectivity index (χ2n) is 9.99. The number of nitrogens with zero attached hydrogens (tertiary/aromatic N) is 4. The number of amides is 2. The van der Waals surface area contributed by atoms with E-state index in [4.69, 9.17) is 17.0 Å². The Balaban J connectivity index is 1.45. The summed E-state index contributed by atoms with van der Waals surface area (Å²) in [6, 6.07) is 14.5. The maximum atomic E-state index is 13.7. The number of hydrogen-bond donors (Lipinski definition) is 1. The van der Waals surface area contributed by atoms with Gasteiger partial charge in [-0.15, -0.1) is 11.8 Å². The van der Waals surface area contributed by atoms with Gasteiger partial charge in [0.25, 0.3) is 5.91 Å². The summed E-state index contributed by atoms with van der Waals surface area (Å²) in [4.78, 5) is 36.2. The first-order chi connectivity index (χ1) is 18.9. The number of benzene rings is 2. The summed E-state index contributed by atoms with van der Waals surface area (Å²) in [5.74, 6) is 0.388. The minimum atomic E-state index is -0.643. The Kier molecular flexibility index (Phi) is 10.6. The van der Waals surface area contributed by atoms with Gasteiger partial charge in [0.2, 0.25) is 5.91 Å². The van der Waals surface area contributed by atoms with Crippen molar-refractivity contribution in [1.82, 2.24) is 14.7 Å². The lowest BCUT2D eigenvalue weighted by atomic mass is 10.1. The highest BCUT2D eigenvalue weighted by atomic mass is 32.2. The zero-order valence-electron chi connectivity index (χ0n) is 23.1. The smallest absolute Gasteiger partial charge is 0.256 e. The second kappa shape index (κ2) is 14.1. The molecule has 0 spiro atoms. The predicted octanol–water partition coefficient (Wildman–Crippen LogP) is 4.17. The van der Waals surface area contributed by atoms with Crippen LogP contribution in [-0.4, -0.2) is 96.8 Å². The van der Waals surface area contributed by atoms with Gasteiger partial charge in [-0.25, -0.2) is 0 Å². The molecule has 1 atom stereocenters. The molecule has 0 unspecified atom stereocenters. The number of piperazine rings is 1. The van der Waals surface area contributed by atoms with Crippen LogP contribution in [0.5, 0.6) is 5.75 Å². The van der Waals surface area contributed by atoms with Crippen molar-refractivity contribution >= 4 is 52.3 Å². The Morgan fingerprint density at radius 1 is 1.10 bits per heavy atom. The molecule has 0 radical (unpaired) electrons. The van der Waals surface area contributed by atoms with E-state index in [0.29, 0.717) is 24.0 Å². The lowest BCUT2D eigenvalue weighted by molar-refractivity contribution is -0.124. The summed E-state index contributed by atoms with van der Waals surface area (Å²) in [7, 11) is 2.15. The molecule has 2 aromatic carbocycles. The van der Waals surface area contributed by atoms with Crippen LogP contribution in [0.15, 0.2) is 53.4 Å². The van der Waals surface area contributed by atoms with Gasteiger partial charge < -0.3 is 24.8 Å². The third kappa shape index (κ3) is 7.72. The number of carbonyl (C=O) groups excluding carboxylic acids is 2. The van der Waals surface area contributed by atoms with Crippen molar-refractivity contribution in [3.8, 4) is 5.75 Å². The molecule has 2 aliphatic rings. The first-order valence-corrected chi connectivity index (χ1v) is 15.2. The van der Waals surface area contributed by atoms with Crippen LogP contribution in [0.3, 0.4) is 0 Å². The SMILES string of the molecule is CCCOc1ccc(NC(=O)C[C@H]2C(=O)N(c3cccc(SC)c3)C(=S)N2CCCN2CCN(C)CC2)cc1. The number of likely N-dealkylation sites (N-methyl/N-ethyl adjacent to an activating group) is 1. The van der Waals surface area contributed by atoms with Crippen molar-refractivity contribution in [2.24, 2.45) is 0 Å². The van der Waals surface area contributed by atoms with E-state index in [2.05, 4.69) is 29.1 Å². The van der Waals surface area contributed by atoms with E-state index in [1.165, 1.54) is 0 Å². The number of anilines is 2. The molecule has 0 aliphatic carbocycles. The number of rotatable bonds is 12. The van der Waals surface area contributed by atoms with Crippen LogP contribution in [-0.2, 0) is 9.59 Å². The minimum absolute atomic E-state index is 0.0281. The molecular formula is C29H39N5O3S2. The van der Waals surface area contributed by atoms with Crippen molar-refractivity contribution in [2.75, 3.05) is 69.4 Å². The summed E-state index contributed by atoms with van der Waals surface area (Å²) >= 11 is 7.47. The normalized spacial score (nSPS) is 18.6.